The Morgan fingerprint density at radius 3 is 2.76 bits per heavy atom. The lowest BCUT2D eigenvalue weighted by atomic mass is 10.1. The van der Waals surface area contributed by atoms with Gasteiger partial charge >= 0.3 is 0 Å². The molecule has 0 aliphatic heterocycles. The average molecular weight is 244 g/mol. The molecule has 0 aliphatic rings. The third kappa shape index (κ3) is 4.77. The zero-order valence-electron chi connectivity index (χ0n) is 9.88. The van der Waals surface area contributed by atoms with E-state index in [0.717, 1.165) is 12.5 Å². The van der Waals surface area contributed by atoms with Gasteiger partial charge in [0, 0.05) is 18.7 Å². The molecular formula is C12H18F2N2O. The van der Waals surface area contributed by atoms with Crippen LogP contribution >= 0.6 is 0 Å². The maximum Gasteiger partial charge on any atom is 0.129 e. The van der Waals surface area contributed by atoms with Crippen LogP contribution in [0.15, 0.2) is 18.2 Å². The summed E-state index contributed by atoms with van der Waals surface area (Å²) in [5.74, 6) is 4.22. The summed E-state index contributed by atoms with van der Waals surface area (Å²) in [7, 11) is 0. The molecule has 1 unspecified atom stereocenters. The van der Waals surface area contributed by atoms with Gasteiger partial charge in [-0.3, -0.25) is 11.3 Å². The molecule has 1 aromatic rings. The molecule has 1 rings (SSSR count). The van der Waals surface area contributed by atoms with Crippen molar-refractivity contribution in [1.82, 2.24) is 5.43 Å². The van der Waals surface area contributed by atoms with Crippen LogP contribution in [0.2, 0.25) is 0 Å². The van der Waals surface area contributed by atoms with Crippen molar-refractivity contribution in [3.8, 4) is 0 Å². The van der Waals surface area contributed by atoms with Crippen molar-refractivity contribution < 1.29 is 13.5 Å². The lowest BCUT2D eigenvalue weighted by molar-refractivity contribution is 0.111. The smallest absolute Gasteiger partial charge is 0.129 e. The van der Waals surface area contributed by atoms with Crippen molar-refractivity contribution in [2.75, 3.05) is 13.2 Å². The largest absolute Gasteiger partial charge is 0.380 e. The van der Waals surface area contributed by atoms with Gasteiger partial charge in [0.1, 0.15) is 11.6 Å². The Morgan fingerprint density at radius 1 is 1.41 bits per heavy atom. The van der Waals surface area contributed by atoms with Crippen molar-refractivity contribution in [2.24, 2.45) is 5.84 Å². The van der Waals surface area contributed by atoms with E-state index in [-0.39, 0.29) is 6.04 Å². The molecule has 0 aliphatic carbocycles. The number of hydrogen-bond donors (Lipinski definition) is 2. The summed E-state index contributed by atoms with van der Waals surface area (Å²) < 4.78 is 31.4. The van der Waals surface area contributed by atoms with Crippen LogP contribution in [-0.4, -0.2) is 19.3 Å². The fraction of sp³-hybridized carbons (Fsp3) is 0.500. The highest BCUT2D eigenvalue weighted by atomic mass is 19.1. The van der Waals surface area contributed by atoms with Crippen molar-refractivity contribution >= 4 is 0 Å². The molecule has 0 radical (unpaired) electrons. The summed E-state index contributed by atoms with van der Waals surface area (Å²) in [5.41, 5.74) is 2.99. The standard InChI is InChI=1S/C12H18F2N2O/c1-2-5-17-8-11(16-15)6-9-3-4-10(13)7-12(9)14/h3-4,7,11,16H,2,5-6,8,15H2,1H3. The van der Waals surface area contributed by atoms with Crippen LogP contribution in [0, 0.1) is 11.6 Å². The van der Waals surface area contributed by atoms with Gasteiger partial charge in [-0.05, 0) is 24.5 Å². The first-order chi connectivity index (χ1) is 8.17. The minimum absolute atomic E-state index is 0.179. The van der Waals surface area contributed by atoms with E-state index in [2.05, 4.69) is 5.43 Å². The summed E-state index contributed by atoms with van der Waals surface area (Å²) >= 11 is 0. The van der Waals surface area contributed by atoms with E-state index in [1.54, 1.807) is 0 Å². The highest BCUT2D eigenvalue weighted by Crippen LogP contribution is 2.11. The maximum atomic E-state index is 13.4. The Balaban J connectivity index is 2.54. The predicted octanol–water partition coefficient (Wildman–Crippen LogP) is 1.77. The van der Waals surface area contributed by atoms with Crippen molar-refractivity contribution in [3.63, 3.8) is 0 Å². The summed E-state index contributed by atoms with van der Waals surface area (Å²) in [6, 6.07) is 3.35. The van der Waals surface area contributed by atoms with Crippen LogP contribution in [-0.2, 0) is 11.2 Å². The lowest BCUT2D eigenvalue weighted by Crippen LogP contribution is -2.40. The molecule has 1 aromatic carbocycles. The van der Waals surface area contributed by atoms with Gasteiger partial charge in [-0.15, -0.1) is 0 Å². The number of benzene rings is 1. The predicted molar refractivity (Wildman–Crippen MR) is 62.3 cm³/mol. The van der Waals surface area contributed by atoms with Crippen molar-refractivity contribution in [3.05, 3.63) is 35.4 Å². The Labute approximate surface area is 99.9 Å². The molecular weight excluding hydrogens is 226 g/mol. The third-order valence-corrected chi connectivity index (χ3v) is 2.38. The van der Waals surface area contributed by atoms with E-state index in [4.69, 9.17) is 10.6 Å². The molecule has 17 heavy (non-hydrogen) atoms. The molecule has 96 valence electrons. The van der Waals surface area contributed by atoms with Gasteiger partial charge in [-0.25, -0.2) is 8.78 Å². The number of ether oxygens (including phenoxy) is 1. The minimum atomic E-state index is -0.578. The molecule has 0 saturated carbocycles. The normalized spacial score (nSPS) is 12.7. The zero-order chi connectivity index (χ0) is 12.7. The molecule has 0 amide bonds. The van der Waals surface area contributed by atoms with E-state index in [9.17, 15) is 8.78 Å². The highest BCUT2D eigenvalue weighted by Gasteiger charge is 2.11. The van der Waals surface area contributed by atoms with Crippen LogP contribution in [0.5, 0.6) is 0 Å². The molecule has 1 atom stereocenters. The topological polar surface area (TPSA) is 47.3 Å². The van der Waals surface area contributed by atoms with Gasteiger partial charge in [0.25, 0.3) is 0 Å². The Bertz CT molecular complexity index is 347. The first-order valence-electron chi connectivity index (χ1n) is 5.65. The quantitative estimate of drug-likeness (QED) is 0.436. The summed E-state index contributed by atoms with van der Waals surface area (Å²) in [6.45, 7) is 3.05. The Morgan fingerprint density at radius 2 is 2.18 bits per heavy atom. The van der Waals surface area contributed by atoms with E-state index in [0.29, 0.717) is 25.2 Å². The van der Waals surface area contributed by atoms with Crippen molar-refractivity contribution in [2.45, 2.75) is 25.8 Å². The van der Waals surface area contributed by atoms with Gasteiger partial charge in [0.05, 0.1) is 6.61 Å². The number of nitrogens with one attached hydrogen (secondary N) is 1. The first kappa shape index (κ1) is 14.0. The molecule has 5 heteroatoms. The highest BCUT2D eigenvalue weighted by molar-refractivity contribution is 5.19. The van der Waals surface area contributed by atoms with E-state index < -0.39 is 11.6 Å². The van der Waals surface area contributed by atoms with Gasteiger partial charge in [0.15, 0.2) is 0 Å². The number of hydrazine groups is 1. The first-order valence-corrected chi connectivity index (χ1v) is 5.65. The lowest BCUT2D eigenvalue weighted by Gasteiger charge is -2.16. The molecule has 0 fully saturated rings. The second-order valence-electron chi connectivity index (χ2n) is 3.88. The van der Waals surface area contributed by atoms with E-state index in [1.165, 1.54) is 12.1 Å². The fourth-order valence-electron chi connectivity index (χ4n) is 1.49. The molecule has 0 spiro atoms. The summed E-state index contributed by atoms with van der Waals surface area (Å²) in [4.78, 5) is 0. The van der Waals surface area contributed by atoms with Crippen LogP contribution < -0.4 is 11.3 Å². The Hall–Kier alpha value is -1.04. The van der Waals surface area contributed by atoms with Gasteiger partial charge in [-0.2, -0.15) is 0 Å². The molecule has 0 heterocycles. The third-order valence-electron chi connectivity index (χ3n) is 2.38. The molecule has 0 bridgehead atoms. The molecule has 0 aromatic heterocycles. The fourth-order valence-corrected chi connectivity index (χ4v) is 1.49. The number of rotatable bonds is 7. The van der Waals surface area contributed by atoms with Gasteiger partial charge in [-0.1, -0.05) is 13.0 Å². The summed E-state index contributed by atoms with van der Waals surface area (Å²) in [6.07, 6.45) is 1.29. The SMILES string of the molecule is CCCOCC(Cc1ccc(F)cc1F)NN. The molecule has 3 N–H and O–H groups in total. The van der Waals surface area contributed by atoms with Crippen LogP contribution in [0.1, 0.15) is 18.9 Å². The van der Waals surface area contributed by atoms with Crippen LogP contribution in [0.3, 0.4) is 0 Å². The minimum Gasteiger partial charge on any atom is -0.380 e. The second-order valence-corrected chi connectivity index (χ2v) is 3.88. The zero-order valence-corrected chi connectivity index (χ0v) is 9.88. The number of nitrogens with two attached hydrogens (primary N) is 1. The van der Waals surface area contributed by atoms with E-state index >= 15 is 0 Å². The van der Waals surface area contributed by atoms with E-state index in [1.807, 2.05) is 6.92 Å². The summed E-state index contributed by atoms with van der Waals surface area (Å²) in [5, 5.41) is 0. The second kappa shape index (κ2) is 7.32. The number of hydrogen-bond acceptors (Lipinski definition) is 3. The molecule has 3 nitrogen and oxygen atoms in total. The number of halogens is 2. The molecule has 0 saturated heterocycles. The monoisotopic (exact) mass is 244 g/mol. The van der Waals surface area contributed by atoms with Gasteiger partial charge in [0.2, 0.25) is 0 Å². The van der Waals surface area contributed by atoms with Crippen molar-refractivity contribution in [1.29, 1.82) is 0 Å². The van der Waals surface area contributed by atoms with Crippen LogP contribution in [0.25, 0.3) is 0 Å². The maximum absolute atomic E-state index is 13.4. The average Bonchev–Trinajstić information content (AvgIpc) is 2.31. The Kier molecular flexibility index (Phi) is 6.04. The van der Waals surface area contributed by atoms with Crippen LogP contribution in [0.4, 0.5) is 8.78 Å². The van der Waals surface area contributed by atoms with Gasteiger partial charge < -0.3 is 4.74 Å².